The molecule has 1 saturated heterocycles. The topological polar surface area (TPSA) is 103 Å². The van der Waals surface area contributed by atoms with E-state index in [1.807, 2.05) is 0 Å². The Kier molecular flexibility index (Phi) is 4.49. The van der Waals surface area contributed by atoms with Gasteiger partial charge < -0.3 is 25.8 Å². The highest BCUT2D eigenvalue weighted by Crippen LogP contribution is 2.32. The smallest absolute Gasteiger partial charge is 0.265 e. The van der Waals surface area contributed by atoms with E-state index in [4.69, 9.17) is 15.2 Å². The van der Waals surface area contributed by atoms with Crippen molar-refractivity contribution in [3.8, 4) is 5.75 Å². The third-order valence-electron chi connectivity index (χ3n) is 4.25. The summed E-state index contributed by atoms with van der Waals surface area (Å²) < 4.78 is 10.8. The zero-order valence-electron chi connectivity index (χ0n) is 13.0. The predicted octanol–water partition coefficient (Wildman–Crippen LogP) is 1.10. The van der Waals surface area contributed by atoms with Gasteiger partial charge in [-0.15, -0.1) is 0 Å². The molecule has 1 fully saturated rings. The highest BCUT2D eigenvalue weighted by atomic mass is 16.5. The summed E-state index contributed by atoms with van der Waals surface area (Å²) >= 11 is 0. The van der Waals surface area contributed by atoms with Crippen LogP contribution in [-0.2, 0) is 14.3 Å². The summed E-state index contributed by atoms with van der Waals surface area (Å²) in [5.41, 5.74) is 7.18. The first-order valence-electron chi connectivity index (χ1n) is 7.80. The average molecular weight is 319 g/mol. The van der Waals surface area contributed by atoms with Crippen molar-refractivity contribution in [1.29, 1.82) is 0 Å². The summed E-state index contributed by atoms with van der Waals surface area (Å²) in [7, 11) is 0. The van der Waals surface area contributed by atoms with E-state index in [1.165, 1.54) is 0 Å². The summed E-state index contributed by atoms with van der Waals surface area (Å²) in [5.74, 6) is 0.280. The van der Waals surface area contributed by atoms with Gasteiger partial charge in [-0.25, -0.2) is 0 Å². The number of amides is 2. The van der Waals surface area contributed by atoms with E-state index in [0.29, 0.717) is 30.3 Å². The molecule has 2 unspecified atom stereocenters. The van der Waals surface area contributed by atoms with E-state index in [1.54, 1.807) is 25.1 Å². The van der Waals surface area contributed by atoms with Crippen molar-refractivity contribution < 1.29 is 19.1 Å². The summed E-state index contributed by atoms with van der Waals surface area (Å²) in [6.07, 6.45) is 1.06. The van der Waals surface area contributed by atoms with Crippen LogP contribution in [0.25, 0.3) is 0 Å². The molecule has 7 nitrogen and oxygen atoms in total. The largest absolute Gasteiger partial charge is 0.479 e. The van der Waals surface area contributed by atoms with Crippen LogP contribution in [0.1, 0.15) is 19.8 Å². The standard InChI is InChI=1S/C16H21N3O4/c1-9-15(20)19-12-8-11(2-3-13(12)23-9)18-16(21)14(17)10-4-6-22-7-5-10/h2-3,8-10,14H,4-7,17H2,1H3,(H,18,21)(H,19,20). The molecule has 0 bridgehead atoms. The second-order valence-corrected chi connectivity index (χ2v) is 5.93. The molecule has 2 aliphatic rings. The van der Waals surface area contributed by atoms with Gasteiger partial charge in [0.2, 0.25) is 5.91 Å². The maximum Gasteiger partial charge on any atom is 0.265 e. The van der Waals surface area contributed by atoms with Gasteiger partial charge in [-0.3, -0.25) is 9.59 Å². The second kappa shape index (κ2) is 6.55. The minimum Gasteiger partial charge on any atom is -0.479 e. The number of hydrogen-bond donors (Lipinski definition) is 3. The summed E-state index contributed by atoms with van der Waals surface area (Å²) in [5, 5.41) is 5.56. The van der Waals surface area contributed by atoms with Gasteiger partial charge in [0.1, 0.15) is 5.75 Å². The Hall–Kier alpha value is -2.12. The van der Waals surface area contributed by atoms with Crippen LogP contribution in [0.2, 0.25) is 0 Å². The molecule has 0 saturated carbocycles. The quantitative estimate of drug-likeness (QED) is 0.774. The number of nitrogens with one attached hydrogen (secondary N) is 2. The molecule has 7 heteroatoms. The van der Waals surface area contributed by atoms with Gasteiger partial charge in [0.05, 0.1) is 11.7 Å². The fraction of sp³-hybridized carbons (Fsp3) is 0.500. The van der Waals surface area contributed by atoms with Gasteiger partial charge in [0.15, 0.2) is 6.10 Å². The third-order valence-corrected chi connectivity index (χ3v) is 4.25. The monoisotopic (exact) mass is 319 g/mol. The summed E-state index contributed by atoms with van der Waals surface area (Å²) in [6.45, 7) is 2.97. The molecule has 2 heterocycles. The Morgan fingerprint density at radius 3 is 2.87 bits per heavy atom. The van der Waals surface area contributed by atoms with Crippen molar-refractivity contribution in [2.75, 3.05) is 23.8 Å². The molecule has 4 N–H and O–H groups in total. The van der Waals surface area contributed by atoms with Crippen molar-refractivity contribution in [2.45, 2.75) is 31.9 Å². The van der Waals surface area contributed by atoms with Crippen LogP contribution in [0.15, 0.2) is 18.2 Å². The number of ether oxygens (including phenoxy) is 2. The van der Waals surface area contributed by atoms with E-state index < -0.39 is 12.1 Å². The van der Waals surface area contributed by atoms with Crippen LogP contribution in [-0.4, -0.2) is 37.2 Å². The van der Waals surface area contributed by atoms with Gasteiger partial charge in [-0.1, -0.05) is 0 Å². The SMILES string of the molecule is CC1Oc2ccc(NC(=O)C(N)C3CCOCC3)cc2NC1=O. The van der Waals surface area contributed by atoms with Crippen molar-refractivity contribution in [3.05, 3.63) is 18.2 Å². The number of anilines is 2. The third kappa shape index (κ3) is 3.46. The Morgan fingerprint density at radius 1 is 1.39 bits per heavy atom. The van der Waals surface area contributed by atoms with Crippen LogP contribution in [0, 0.1) is 5.92 Å². The van der Waals surface area contributed by atoms with Gasteiger partial charge in [-0.2, -0.15) is 0 Å². The van der Waals surface area contributed by atoms with Crippen LogP contribution >= 0.6 is 0 Å². The van der Waals surface area contributed by atoms with Crippen LogP contribution < -0.4 is 21.1 Å². The molecule has 0 spiro atoms. The average Bonchev–Trinajstić information content (AvgIpc) is 2.56. The van der Waals surface area contributed by atoms with Crippen LogP contribution in [0.3, 0.4) is 0 Å². The summed E-state index contributed by atoms with van der Waals surface area (Å²) in [4.78, 5) is 24.0. The van der Waals surface area contributed by atoms with Crippen molar-refractivity contribution >= 4 is 23.2 Å². The first kappa shape index (κ1) is 15.8. The first-order chi connectivity index (χ1) is 11.0. The van der Waals surface area contributed by atoms with Crippen molar-refractivity contribution in [1.82, 2.24) is 0 Å². The van der Waals surface area contributed by atoms with Gasteiger partial charge in [0.25, 0.3) is 5.91 Å². The zero-order chi connectivity index (χ0) is 16.4. The number of benzene rings is 1. The fourth-order valence-electron chi connectivity index (χ4n) is 2.80. The number of rotatable bonds is 3. The minimum absolute atomic E-state index is 0.130. The van der Waals surface area contributed by atoms with E-state index in [-0.39, 0.29) is 17.7 Å². The van der Waals surface area contributed by atoms with Gasteiger partial charge >= 0.3 is 0 Å². The summed E-state index contributed by atoms with van der Waals surface area (Å²) in [6, 6.07) is 4.56. The molecule has 2 amide bonds. The molecular weight excluding hydrogens is 298 g/mol. The lowest BCUT2D eigenvalue weighted by atomic mass is 9.92. The number of hydrogen-bond acceptors (Lipinski definition) is 5. The second-order valence-electron chi connectivity index (χ2n) is 5.93. The highest BCUT2D eigenvalue weighted by molar-refractivity contribution is 6.00. The molecule has 2 aliphatic heterocycles. The number of nitrogens with two attached hydrogens (primary N) is 1. The van der Waals surface area contributed by atoms with E-state index in [0.717, 1.165) is 12.8 Å². The van der Waals surface area contributed by atoms with Crippen molar-refractivity contribution in [3.63, 3.8) is 0 Å². The van der Waals surface area contributed by atoms with Gasteiger partial charge in [0, 0.05) is 18.9 Å². The number of carbonyl (C=O) groups is 2. The van der Waals surface area contributed by atoms with Crippen molar-refractivity contribution in [2.24, 2.45) is 11.7 Å². The first-order valence-corrected chi connectivity index (χ1v) is 7.80. The lowest BCUT2D eigenvalue weighted by molar-refractivity contribution is -0.122. The Labute approximate surface area is 134 Å². The highest BCUT2D eigenvalue weighted by Gasteiger charge is 2.27. The Balaban J connectivity index is 1.67. The van der Waals surface area contributed by atoms with Crippen LogP contribution in [0.4, 0.5) is 11.4 Å². The maximum absolute atomic E-state index is 12.3. The van der Waals surface area contributed by atoms with Crippen LogP contribution in [0.5, 0.6) is 5.75 Å². The Bertz CT molecular complexity index is 613. The Morgan fingerprint density at radius 2 is 2.13 bits per heavy atom. The predicted molar refractivity (Wildman–Crippen MR) is 85.3 cm³/mol. The fourth-order valence-corrected chi connectivity index (χ4v) is 2.80. The molecule has 0 radical (unpaired) electrons. The lowest BCUT2D eigenvalue weighted by Gasteiger charge is -2.27. The zero-order valence-corrected chi connectivity index (χ0v) is 13.0. The normalized spacial score (nSPS) is 22.5. The maximum atomic E-state index is 12.3. The molecule has 23 heavy (non-hydrogen) atoms. The van der Waals surface area contributed by atoms with E-state index in [2.05, 4.69) is 10.6 Å². The lowest BCUT2D eigenvalue weighted by Crippen LogP contribution is -2.44. The number of fused-ring (bicyclic) bond motifs is 1. The van der Waals surface area contributed by atoms with E-state index in [9.17, 15) is 9.59 Å². The minimum atomic E-state index is -0.569. The van der Waals surface area contributed by atoms with Gasteiger partial charge in [-0.05, 0) is 43.9 Å². The molecule has 1 aromatic carbocycles. The number of carbonyl (C=O) groups excluding carboxylic acids is 2. The molecule has 1 aromatic rings. The molecular formula is C16H21N3O4. The molecule has 2 atom stereocenters. The molecule has 124 valence electrons. The molecule has 0 aromatic heterocycles. The van der Waals surface area contributed by atoms with E-state index >= 15 is 0 Å². The molecule has 0 aliphatic carbocycles. The molecule has 3 rings (SSSR count).